The first-order chi connectivity index (χ1) is 15.6. The Balaban J connectivity index is 1.17. The fourth-order valence-electron chi connectivity index (χ4n) is 5.48. The van der Waals surface area contributed by atoms with Gasteiger partial charge in [-0.2, -0.15) is 0 Å². The number of urea groups is 1. The topological polar surface area (TPSA) is 78.7 Å². The van der Waals surface area contributed by atoms with E-state index < -0.39 is 5.54 Å². The second-order valence-electron chi connectivity index (χ2n) is 9.27. The molecule has 2 saturated heterocycles. The van der Waals surface area contributed by atoms with Crippen molar-refractivity contribution in [2.75, 3.05) is 19.8 Å². The summed E-state index contributed by atoms with van der Waals surface area (Å²) in [7, 11) is 0. The van der Waals surface area contributed by atoms with Crippen molar-refractivity contribution < 1.29 is 14.0 Å². The summed E-state index contributed by atoms with van der Waals surface area (Å²) >= 11 is 0. The predicted octanol–water partition coefficient (Wildman–Crippen LogP) is 3.44. The molecule has 2 unspecified atom stereocenters. The predicted molar refractivity (Wildman–Crippen MR) is 119 cm³/mol. The first-order valence-corrected chi connectivity index (χ1v) is 11.4. The number of aryl methyl sites for hydroxylation is 1. The highest BCUT2D eigenvalue weighted by Gasteiger charge is 2.52. The number of carbonyl (C=O) groups is 2. The Hall–Kier alpha value is -3.19. The first kappa shape index (κ1) is 19.5. The number of fused-ring (bicyclic) bond motifs is 2. The molecule has 0 radical (unpaired) electrons. The van der Waals surface area contributed by atoms with Gasteiger partial charge in [-0.15, -0.1) is 0 Å². The van der Waals surface area contributed by atoms with Crippen molar-refractivity contribution in [3.63, 3.8) is 0 Å². The van der Waals surface area contributed by atoms with Gasteiger partial charge in [0, 0.05) is 18.9 Å². The molecule has 1 N–H and O–H groups in total. The third-order valence-electron chi connectivity index (χ3n) is 7.18. The van der Waals surface area contributed by atoms with Crippen molar-refractivity contribution in [1.29, 1.82) is 0 Å². The van der Waals surface area contributed by atoms with Gasteiger partial charge < -0.3 is 9.73 Å². The van der Waals surface area contributed by atoms with Crippen LogP contribution in [0.15, 0.2) is 52.9 Å². The Morgan fingerprint density at radius 3 is 2.78 bits per heavy atom. The lowest BCUT2D eigenvalue weighted by molar-refractivity contribution is -0.133. The Morgan fingerprint density at radius 2 is 1.91 bits per heavy atom. The Morgan fingerprint density at radius 1 is 1.09 bits per heavy atom. The van der Waals surface area contributed by atoms with E-state index in [9.17, 15) is 9.59 Å². The molecule has 3 aromatic rings. The van der Waals surface area contributed by atoms with Crippen LogP contribution < -0.4 is 5.32 Å². The SMILES string of the molecule is O=C1NC2(CCc3ccccc3C2)C(=O)N1CN1CCCC(c2nc3ccccc3o2)C1. The van der Waals surface area contributed by atoms with Gasteiger partial charge in [0.25, 0.3) is 5.91 Å². The molecule has 3 aliphatic rings. The molecule has 1 aromatic heterocycles. The number of carbonyl (C=O) groups excluding carboxylic acids is 2. The van der Waals surface area contributed by atoms with Crippen LogP contribution in [0.25, 0.3) is 11.1 Å². The molecule has 2 atom stereocenters. The molecule has 0 saturated carbocycles. The fraction of sp³-hybridized carbons (Fsp3) is 0.400. The molecule has 2 fully saturated rings. The van der Waals surface area contributed by atoms with E-state index in [1.165, 1.54) is 10.5 Å². The van der Waals surface area contributed by atoms with Crippen molar-refractivity contribution in [3.8, 4) is 0 Å². The largest absolute Gasteiger partial charge is 0.440 e. The van der Waals surface area contributed by atoms with E-state index in [2.05, 4.69) is 27.3 Å². The summed E-state index contributed by atoms with van der Waals surface area (Å²) in [4.78, 5) is 34.5. The maximum Gasteiger partial charge on any atom is 0.326 e. The van der Waals surface area contributed by atoms with Crippen LogP contribution in [0.4, 0.5) is 4.79 Å². The van der Waals surface area contributed by atoms with Gasteiger partial charge in [-0.05, 0) is 55.5 Å². The average Bonchev–Trinajstić information content (AvgIpc) is 3.35. The average molecular weight is 431 g/mol. The molecule has 0 bridgehead atoms. The highest BCUT2D eigenvalue weighted by atomic mass is 16.3. The van der Waals surface area contributed by atoms with Crippen molar-refractivity contribution in [2.24, 2.45) is 0 Å². The Kier molecular flexibility index (Phi) is 4.54. The molecule has 3 amide bonds. The lowest BCUT2D eigenvalue weighted by atomic mass is 9.78. The lowest BCUT2D eigenvalue weighted by Crippen LogP contribution is -2.52. The van der Waals surface area contributed by atoms with Gasteiger partial charge in [0.05, 0.1) is 6.67 Å². The zero-order valence-corrected chi connectivity index (χ0v) is 17.9. The number of amides is 3. The second kappa shape index (κ2) is 7.45. The summed E-state index contributed by atoms with van der Waals surface area (Å²) in [6, 6.07) is 15.7. The van der Waals surface area contributed by atoms with Crippen molar-refractivity contribution in [2.45, 2.75) is 43.6 Å². The number of likely N-dealkylation sites (tertiary alicyclic amines) is 1. The van der Waals surface area contributed by atoms with E-state index >= 15 is 0 Å². The minimum Gasteiger partial charge on any atom is -0.440 e. The van der Waals surface area contributed by atoms with E-state index in [1.54, 1.807) is 0 Å². The normalized spacial score (nSPS) is 26.0. The maximum atomic E-state index is 13.4. The number of hydrogen-bond donors (Lipinski definition) is 1. The highest BCUT2D eigenvalue weighted by Crippen LogP contribution is 2.34. The Labute approximate surface area is 186 Å². The van der Waals surface area contributed by atoms with Gasteiger partial charge in [-0.3, -0.25) is 9.69 Å². The standard InChI is InChI=1S/C25H26N4O3/c30-23-25(12-11-17-6-1-2-7-18(17)14-25)27-24(31)29(23)16-28-13-5-8-19(15-28)22-26-20-9-3-4-10-21(20)32-22/h1-4,6-7,9-10,19H,5,8,11-16H2,(H,27,31). The van der Waals surface area contributed by atoms with Crippen molar-refractivity contribution in [1.82, 2.24) is 20.1 Å². The number of nitrogens with zero attached hydrogens (tertiary/aromatic N) is 3. The summed E-state index contributed by atoms with van der Waals surface area (Å²) in [6.07, 6.45) is 3.99. The van der Waals surface area contributed by atoms with Gasteiger partial charge >= 0.3 is 6.03 Å². The summed E-state index contributed by atoms with van der Waals surface area (Å²) in [5.41, 5.74) is 3.29. The summed E-state index contributed by atoms with van der Waals surface area (Å²) < 4.78 is 5.99. The monoisotopic (exact) mass is 430 g/mol. The third-order valence-corrected chi connectivity index (χ3v) is 7.18. The van der Waals surface area contributed by atoms with Crippen LogP contribution in [0.5, 0.6) is 0 Å². The maximum absolute atomic E-state index is 13.4. The van der Waals surface area contributed by atoms with Crippen LogP contribution in [0.3, 0.4) is 0 Å². The fourth-order valence-corrected chi connectivity index (χ4v) is 5.48. The molecular formula is C25H26N4O3. The number of piperidine rings is 1. The van der Waals surface area contributed by atoms with Crippen LogP contribution in [-0.4, -0.2) is 52.0 Å². The number of oxazole rings is 1. The molecule has 1 aliphatic carbocycles. The number of imide groups is 1. The van der Waals surface area contributed by atoms with E-state index in [1.807, 2.05) is 36.4 Å². The van der Waals surface area contributed by atoms with Gasteiger partial charge in [0.1, 0.15) is 11.1 Å². The Bertz CT molecular complexity index is 1170. The molecule has 2 aromatic carbocycles. The van der Waals surface area contributed by atoms with E-state index in [4.69, 9.17) is 4.42 Å². The number of rotatable bonds is 3. The van der Waals surface area contributed by atoms with Crippen molar-refractivity contribution >= 4 is 23.0 Å². The minimum absolute atomic E-state index is 0.0963. The van der Waals surface area contributed by atoms with Gasteiger partial charge in [0.15, 0.2) is 11.5 Å². The van der Waals surface area contributed by atoms with Gasteiger partial charge in [-0.25, -0.2) is 14.7 Å². The van der Waals surface area contributed by atoms with Crippen LogP contribution in [0.2, 0.25) is 0 Å². The molecule has 6 rings (SSSR count). The number of aromatic nitrogens is 1. The zero-order chi connectivity index (χ0) is 21.7. The first-order valence-electron chi connectivity index (χ1n) is 11.4. The number of nitrogens with one attached hydrogen (secondary N) is 1. The summed E-state index contributed by atoms with van der Waals surface area (Å²) in [5.74, 6) is 0.807. The van der Waals surface area contributed by atoms with E-state index in [-0.39, 0.29) is 17.9 Å². The van der Waals surface area contributed by atoms with Crippen LogP contribution >= 0.6 is 0 Å². The van der Waals surface area contributed by atoms with E-state index in [0.717, 1.165) is 54.9 Å². The second-order valence-corrected chi connectivity index (χ2v) is 9.27. The van der Waals surface area contributed by atoms with E-state index in [0.29, 0.717) is 19.5 Å². The number of benzene rings is 2. The van der Waals surface area contributed by atoms with Crippen LogP contribution in [-0.2, 0) is 17.6 Å². The molecule has 1 spiro atoms. The smallest absolute Gasteiger partial charge is 0.326 e. The number of para-hydroxylation sites is 2. The summed E-state index contributed by atoms with van der Waals surface area (Å²) in [6.45, 7) is 1.88. The lowest BCUT2D eigenvalue weighted by Gasteiger charge is -2.34. The molecular weight excluding hydrogens is 404 g/mol. The molecule has 164 valence electrons. The summed E-state index contributed by atoms with van der Waals surface area (Å²) in [5, 5.41) is 3.04. The molecule has 2 aliphatic heterocycles. The molecule has 7 nitrogen and oxygen atoms in total. The minimum atomic E-state index is -0.805. The third kappa shape index (κ3) is 3.19. The van der Waals surface area contributed by atoms with Crippen LogP contribution in [0, 0.1) is 0 Å². The van der Waals surface area contributed by atoms with Crippen molar-refractivity contribution in [3.05, 3.63) is 65.5 Å². The van der Waals surface area contributed by atoms with Gasteiger partial charge in [-0.1, -0.05) is 36.4 Å². The molecule has 7 heteroatoms. The molecule has 32 heavy (non-hydrogen) atoms. The van der Waals surface area contributed by atoms with Gasteiger partial charge in [0.2, 0.25) is 0 Å². The number of hydrogen-bond acceptors (Lipinski definition) is 5. The molecule has 3 heterocycles. The highest BCUT2D eigenvalue weighted by molar-refractivity contribution is 6.07. The van der Waals surface area contributed by atoms with Crippen LogP contribution in [0.1, 0.15) is 42.2 Å². The quantitative estimate of drug-likeness (QED) is 0.644. The zero-order valence-electron chi connectivity index (χ0n) is 17.9.